The Kier molecular flexibility index (Phi) is 6.40. The maximum atomic E-state index is 12.0. The highest BCUT2D eigenvalue weighted by molar-refractivity contribution is 8.00. The third-order valence-corrected chi connectivity index (χ3v) is 4.05. The van der Waals surface area contributed by atoms with Gasteiger partial charge < -0.3 is 10.1 Å². The minimum Gasteiger partial charge on any atom is -0.492 e. The lowest BCUT2D eigenvalue weighted by Crippen LogP contribution is -2.34. The van der Waals surface area contributed by atoms with Crippen molar-refractivity contribution < 1.29 is 9.53 Å². The molecule has 1 atom stereocenters. The first-order valence-electron chi connectivity index (χ1n) is 7.47. The summed E-state index contributed by atoms with van der Waals surface area (Å²) < 4.78 is 5.67. The lowest BCUT2D eigenvalue weighted by Gasteiger charge is -2.12. The molecule has 122 valence electrons. The second-order valence-corrected chi connectivity index (χ2v) is 6.56. The topological polar surface area (TPSA) is 64.1 Å². The summed E-state index contributed by atoms with van der Waals surface area (Å²) in [6.07, 6.45) is 3.33. The van der Waals surface area contributed by atoms with Gasteiger partial charge in [-0.1, -0.05) is 17.8 Å². The van der Waals surface area contributed by atoms with E-state index in [0.717, 1.165) is 16.9 Å². The Hall–Kier alpha value is -2.08. The maximum Gasteiger partial charge on any atom is 0.233 e. The molecule has 2 rings (SSSR count). The number of benzene rings is 1. The Morgan fingerprint density at radius 1 is 1.22 bits per heavy atom. The average Bonchev–Trinajstić information content (AvgIpc) is 2.51. The van der Waals surface area contributed by atoms with Crippen molar-refractivity contribution in [3.63, 3.8) is 0 Å². The molecule has 1 amide bonds. The van der Waals surface area contributed by atoms with Gasteiger partial charge in [0.2, 0.25) is 5.91 Å². The molecule has 1 aromatic carbocycles. The van der Waals surface area contributed by atoms with Crippen molar-refractivity contribution in [2.24, 2.45) is 0 Å². The SMILES string of the molecule is Cc1cc(C)cc(OCCNC(=O)[C@H](C)Sc2ncccn2)c1. The number of rotatable bonds is 7. The van der Waals surface area contributed by atoms with Gasteiger partial charge in [-0.25, -0.2) is 9.97 Å². The van der Waals surface area contributed by atoms with Crippen molar-refractivity contribution in [2.75, 3.05) is 13.2 Å². The van der Waals surface area contributed by atoms with Crippen LogP contribution in [0.25, 0.3) is 0 Å². The molecular weight excluding hydrogens is 310 g/mol. The van der Waals surface area contributed by atoms with E-state index in [0.29, 0.717) is 18.3 Å². The van der Waals surface area contributed by atoms with Crippen LogP contribution in [0.2, 0.25) is 0 Å². The van der Waals surface area contributed by atoms with E-state index in [1.807, 2.05) is 32.9 Å². The Morgan fingerprint density at radius 2 is 1.87 bits per heavy atom. The zero-order valence-electron chi connectivity index (χ0n) is 13.6. The molecule has 2 aromatic rings. The van der Waals surface area contributed by atoms with E-state index in [4.69, 9.17) is 4.74 Å². The first-order valence-corrected chi connectivity index (χ1v) is 8.35. The third-order valence-electron chi connectivity index (χ3n) is 3.06. The predicted molar refractivity (Wildman–Crippen MR) is 91.8 cm³/mol. The quantitative estimate of drug-likeness (QED) is 0.480. The number of thioether (sulfide) groups is 1. The van der Waals surface area contributed by atoms with Crippen LogP contribution in [-0.4, -0.2) is 34.3 Å². The Morgan fingerprint density at radius 3 is 2.52 bits per heavy atom. The van der Waals surface area contributed by atoms with Crippen molar-refractivity contribution in [3.8, 4) is 5.75 Å². The van der Waals surface area contributed by atoms with Crippen LogP contribution in [0.4, 0.5) is 0 Å². The van der Waals surface area contributed by atoms with E-state index < -0.39 is 0 Å². The van der Waals surface area contributed by atoms with Gasteiger partial charge in [-0.05, 0) is 50.1 Å². The highest BCUT2D eigenvalue weighted by Crippen LogP contribution is 2.18. The Labute approximate surface area is 140 Å². The first-order chi connectivity index (χ1) is 11.0. The molecule has 0 saturated carbocycles. The summed E-state index contributed by atoms with van der Waals surface area (Å²) in [5.41, 5.74) is 2.33. The molecule has 1 heterocycles. The molecule has 0 aliphatic rings. The smallest absolute Gasteiger partial charge is 0.233 e. The van der Waals surface area contributed by atoms with Gasteiger partial charge in [0.1, 0.15) is 12.4 Å². The summed E-state index contributed by atoms with van der Waals surface area (Å²) in [5, 5.41) is 3.21. The van der Waals surface area contributed by atoms with Gasteiger partial charge in [-0.3, -0.25) is 4.79 Å². The Bertz CT molecular complexity index is 629. The second kappa shape index (κ2) is 8.53. The van der Waals surface area contributed by atoms with Crippen LogP contribution >= 0.6 is 11.8 Å². The minimum atomic E-state index is -0.251. The Balaban J connectivity index is 1.72. The lowest BCUT2D eigenvalue weighted by molar-refractivity contribution is -0.120. The van der Waals surface area contributed by atoms with Crippen LogP contribution in [0.15, 0.2) is 41.8 Å². The molecule has 1 N–H and O–H groups in total. The van der Waals surface area contributed by atoms with Gasteiger partial charge in [0.05, 0.1) is 11.8 Å². The number of hydrogen-bond acceptors (Lipinski definition) is 5. The number of nitrogens with zero attached hydrogens (tertiary/aromatic N) is 2. The third kappa shape index (κ3) is 5.90. The number of carbonyl (C=O) groups excluding carboxylic acids is 1. The first kappa shape index (κ1) is 17.3. The summed E-state index contributed by atoms with van der Waals surface area (Å²) in [4.78, 5) is 20.2. The van der Waals surface area contributed by atoms with E-state index in [9.17, 15) is 4.79 Å². The lowest BCUT2D eigenvalue weighted by atomic mass is 10.1. The summed E-state index contributed by atoms with van der Waals surface area (Å²) in [6.45, 7) is 6.81. The van der Waals surface area contributed by atoms with E-state index >= 15 is 0 Å². The zero-order valence-corrected chi connectivity index (χ0v) is 14.4. The zero-order chi connectivity index (χ0) is 16.7. The highest BCUT2D eigenvalue weighted by Gasteiger charge is 2.15. The monoisotopic (exact) mass is 331 g/mol. The van der Waals surface area contributed by atoms with Crippen LogP contribution in [0, 0.1) is 13.8 Å². The number of amides is 1. The molecule has 5 nitrogen and oxygen atoms in total. The molecule has 0 aliphatic carbocycles. The molecule has 23 heavy (non-hydrogen) atoms. The number of hydrogen-bond donors (Lipinski definition) is 1. The summed E-state index contributed by atoms with van der Waals surface area (Å²) in [6, 6.07) is 7.82. The van der Waals surface area contributed by atoms with E-state index in [2.05, 4.69) is 21.4 Å². The van der Waals surface area contributed by atoms with Crippen molar-refractivity contribution in [1.82, 2.24) is 15.3 Å². The molecule has 0 spiro atoms. The fourth-order valence-electron chi connectivity index (χ4n) is 2.06. The van der Waals surface area contributed by atoms with Gasteiger partial charge in [0.15, 0.2) is 5.16 Å². The van der Waals surface area contributed by atoms with Gasteiger partial charge >= 0.3 is 0 Å². The molecule has 0 saturated heterocycles. The van der Waals surface area contributed by atoms with Crippen LogP contribution in [-0.2, 0) is 4.79 Å². The molecular formula is C17H21N3O2S. The molecule has 0 fully saturated rings. The number of aromatic nitrogens is 2. The normalized spacial score (nSPS) is 11.8. The number of nitrogens with one attached hydrogen (secondary N) is 1. The predicted octanol–water partition coefficient (Wildman–Crippen LogP) is 2.77. The van der Waals surface area contributed by atoms with E-state index in [-0.39, 0.29) is 11.2 Å². The van der Waals surface area contributed by atoms with Crippen molar-refractivity contribution in [3.05, 3.63) is 47.8 Å². The fraction of sp³-hybridized carbons (Fsp3) is 0.353. The fourth-order valence-corrected chi connectivity index (χ4v) is 2.81. The summed E-state index contributed by atoms with van der Waals surface area (Å²) in [5.74, 6) is 0.781. The summed E-state index contributed by atoms with van der Waals surface area (Å²) >= 11 is 1.33. The number of ether oxygens (including phenoxy) is 1. The highest BCUT2D eigenvalue weighted by atomic mass is 32.2. The molecule has 0 bridgehead atoms. The number of carbonyl (C=O) groups is 1. The molecule has 0 aliphatic heterocycles. The maximum absolute atomic E-state index is 12.0. The van der Waals surface area contributed by atoms with E-state index in [1.54, 1.807) is 18.5 Å². The van der Waals surface area contributed by atoms with E-state index in [1.165, 1.54) is 11.8 Å². The molecule has 0 unspecified atom stereocenters. The summed E-state index contributed by atoms with van der Waals surface area (Å²) in [7, 11) is 0. The van der Waals surface area contributed by atoms with Gasteiger partial charge in [0.25, 0.3) is 0 Å². The molecule has 6 heteroatoms. The van der Waals surface area contributed by atoms with Gasteiger partial charge in [0, 0.05) is 12.4 Å². The average molecular weight is 331 g/mol. The number of aryl methyl sites for hydroxylation is 2. The van der Waals surface area contributed by atoms with Crippen molar-refractivity contribution in [2.45, 2.75) is 31.2 Å². The van der Waals surface area contributed by atoms with Gasteiger partial charge in [-0.2, -0.15) is 0 Å². The van der Waals surface area contributed by atoms with Gasteiger partial charge in [-0.15, -0.1) is 0 Å². The van der Waals surface area contributed by atoms with Crippen LogP contribution < -0.4 is 10.1 Å². The standard InChI is InChI=1S/C17H21N3O2S/c1-12-9-13(2)11-15(10-12)22-8-7-18-16(21)14(3)23-17-19-5-4-6-20-17/h4-6,9-11,14H,7-8H2,1-3H3,(H,18,21)/t14-/m0/s1. The second-order valence-electron chi connectivity index (χ2n) is 5.25. The van der Waals surface area contributed by atoms with Crippen molar-refractivity contribution >= 4 is 17.7 Å². The van der Waals surface area contributed by atoms with Crippen molar-refractivity contribution in [1.29, 1.82) is 0 Å². The van der Waals surface area contributed by atoms with Crippen LogP contribution in [0.3, 0.4) is 0 Å². The van der Waals surface area contributed by atoms with Crippen LogP contribution in [0.5, 0.6) is 5.75 Å². The molecule has 0 radical (unpaired) electrons. The molecule has 1 aromatic heterocycles. The largest absolute Gasteiger partial charge is 0.492 e. The van der Waals surface area contributed by atoms with Crippen LogP contribution in [0.1, 0.15) is 18.1 Å². The minimum absolute atomic E-state index is 0.0496.